The first-order valence-electron chi connectivity index (χ1n) is 7.15. The predicted octanol–water partition coefficient (Wildman–Crippen LogP) is 2.69. The third-order valence-electron chi connectivity index (χ3n) is 2.46. The fraction of sp³-hybridized carbons (Fsp3) is 0.600. The van der Waals surface area contributed by atoms with E-state index >= 15 is 0 Å². The Labute approximate surface area is 123 Å². The van der Waals surface area contributed by atoms with E-state index < -0.39 is 8.80 Å². The fourth-order valence-electron chi connectivity index (χ4n) is 1.98. The molecule has 4 nitrogen and oxygen atoms in total. The SMILES string of the molecule is CC(C)O[Si](OC(C)C)(OC(C)C)c1ccccc1N. The molecule has 0 saturated heterocycles. The maximum atomic E-state index is 6.14. The van der Waals surface area contributed by atoms with Gasteiger partial charge in [-0.3, -0.25) is 0 Å². The minimum atomic E-state index is -3.03. The van der Waals surface area contributed by atoms with Crippen molar-refractivity contribution in [2.75, 3.05) is 5.73 Å². The van der Waals surface area contributed by atoms with Gasteiger partial charge in [0.25, 0.3) is 0 Å². The predicted molar refractivity (Wildman–Crippen MR) is 84.9 cm³/mol. The highest BCUT2D eigenvalue weighted by Gasteiger charge is 2.48. The number of anilines is 1. The van der Waals surface area contributed by atoms with Crippen molar-refractivity contribution in [2.45, 2.75) is 59.9 Å². The molecule has 0 heterocycles. The van der Waals surface area contributed by atoms with Gasteiger partial charge in [-0.15, -0.1) is 0 Å². The van der Waals surface area contributed by atoms with Gasteiger partial charge in [-0.2, -0.15) is 0 Å². The van der Waals surface area contributed by atoms with E-state index in [1.165, 1.54) is 0 Å². The van der Waals surface area contributed by atoms with Crippen LogP contribution >= 0.6 is 0 Å². The van der Waals surface area contributed by atoms with Crippen molar-refractivity contribution < 1.29 is 13.3 Å². The minimum Gasteiger partial charge on any atom is -0.399 e. The molecule has 0 bridgehead atoms. The third kappa shape index (κ3) is 4.59. The smallest absolute Gasteiger partial charge is 0.399 e. The second-order valence-electron chi connectivity index (χ2n) is 5.64. The van der Waals surface area contributed by atoms with Crippen molar-refractivity contribution >= 4 is 19.7 Å². The number of rotatable bonds is 7. The molecule has 114 valence electrons. The molecule has 0 atom stereocenters. The van der Waals surface area contributed by atoms with Crippen LogP contribution in [0, 0.1) is 0 Å². The van der Waals surface area contributed by atoms with Gasteiger partial charge in [-0.25, -0.2) is 0 Å². The maximum absolute atomic E-state index is 6.14. The van der Waals surface area contributed by atoms with Crippen LogP contribution in [0.25, 0.3) is 0 Å². The first-order valence-corrected chi connectivity index (χ1v) is 8.87. The van der Waals surface area contributed by atoms with Gasteiger partial charge < -0.3 is 19.0 Å². The molecule has 0 spiro atoms. The van der Waals surface area contributed by atoms with Crippen LogP contribution in [0.1, 0.15) is 41.5 Å². The summed E-state index contributed by atoms with van der Waals surface area (Å²) in [6.45, 7) is 11.9. The summed E-state index contributed by atoms with van der Waals surface area (Å²) in [7, 11) is -3.03. The Morgan fingerprint density at radius 1 is 0.800 bits per heavy atom. The molecule has 1 aromatic rings. The van der Waals surface area contributed by atoms with Gasteiger partial charge in [0.2, 0.25) is 0 Å². The normalized spacial score (nSPS) is 12.7. The molecular weight excluding hydrogens is 270 g/mol. The summed E-state index contributed by atoms with van der Waals surface area (Å²) < 4.78 is 18.4. The zero-order chi connectivity index (χ0) is 15.3. The summed E-state index contributed by atoms with van der Waals surface area (Å²) in [6, 6.07) is 7.63. The van der Waals surface area contributed by atoms with Gasteiger partial charge in [-0.1, -0.05) is 18.2 Å². The number of nitrogens with two attached hydrogens (primary N) is 1. The highest BCUT2D eigenvalue weighted by molar-refractivity contribution is 6.76. The second-order valence-corrected chi connectivity index (χ2v) is 8.00. The van der Waals surface area contributed by atoms with Gasteiger partial charge in [0.05, 0.1) is 0 Å². The quantitative estimate of drug-likeness (QED) is 0.621. The summed E-state index contributed by atoms with van der Waals surface area (Å²) in [5.41, 5.74) is 6.78. The molecule has 0 aromatic heterocycles. The number of para-hydroxylation sites is 1. The van der Waals surface area contributed by atoms with Crippen molar-refractivity contribution in [3.05, 3.63) is 24.3 Å². The highest BCUT2D eigenvalue weighted by atomic mass is 28.4. The van der Waals surface area contributed by atoms with Gasteiger partial charge >= 0.3 is 8.80 Å². The van der Waals surface area contributed by atoms with Crippen molar-refractivity contribution in [1.29, 1.82) is 0 Å². The van der Waals surface area contributed by atoms with Crippen LogP contribution in [-0.2, 0) is 13.3 Å². The van der Waals surface area contributed by atoms with Gasteiger partial charge in [0, 0.05) is 29.2 Å². The molecule has 0 fully saturated rings. The van der Waals surface area contributed by atoms with Crippen LogP contribution in [0.5, 0.6) is 0 Å². The summed E-state index contributed by atoms with van der Waals surface area (Å²) in [5, 5.41) is 0.844. The van der Waals surface area contributed by atoms with Gasteiger partial charge in [0.1, 0.15) is 0 Å². The van der Waals surface area contributed by atoms with Gasteiger partial charge in [0.15, 0.2) is 0 Å². The number of hydrogen-bond donors (Lipinski definition) is 1. The average molecular weight is 297 g/mol. The van der Waals surface area contributed by atoms with E-state index in [0.717, 1.165) is 5.19 Å². The molecule has 5 heteroatoms. The molecule has 0 saturated carbocycles. The largest absolute Gasteiger partial charge is 0.540 e. The molecule has 0 unspecified atom stereocenters. The Morgan fingerprint density at radius 2 is 1.20 bits per heavy atom. The van der Waals surface area contributed by atoms with E-state index in [4.69, 9.17) is 19.0 Å². The fourth-order valence-corrected chi connectivity index (χ4v) is 5.13. The maximum Gasteiger partial charge on any atom is 0.540 e. The standard InChI is InChI=1S/C15H27NO3Si/c1-11(2)17-20(18-12(3)4,19-13(5)6)15-10-8-7-9-14(15)16/h7-13H,16H2,1-6H3. The van der Waals surface area contributed by atoms with Gasteiger partial charge in [-0.05, 0) is 47.6 Å². The van der Waals surface area contributed by atoms with E-state index in [1.54, 1.807) is 0 Å². The van der Waals surface area contributed by atoms with Crippen molar-refractivity contribution in [1.82, 2.24) is 0 Å². The number of benzene rings is 1. The van der Waals surface area contributed by atoms with Crippen LogP contribution in [0.2, 0.25) is 0 Å². The molecule has 0 radical (unpaired) electrons. The molecule has 0 aliphatic rings. The Bertz CT molecular complexity index is 395. The molecular formula is C15H27NO3Si. The zero-order valence-electron chi connectivity index (χ0n) is 13.3. The van der Waals surface area contributed by atoms with E-state index in [9.17, 15) is 0 Å². The number of nitrogen functional groups attached to an aromatic ring is 1. The molecule has 1 rings (SSSR count). The van der Waals surface area contributed by atoms with Crippen LogP contribution < -0.4 is 10.9 Å². The van der Waals surface area contributed by atoms with Crippen LogP contribution in [0.3, 0.4) is 0 Å². The third-order valence-corrected chi connectivity index (χ3v) is 5.92. The monoisotopic (exact) mass is 297 g/mol. The topological polar surface area (TPSA) is 53.7 Å². The summed E-state index contributed by atoms with van der Waals surface area (Å²) in [6.07, 6.45) is -0.00341. The summed E-state index contributed by atoms with van der Waals surface area (Å²) in [5.74, 6) is 0. The zero-order valence-corrected chi connectivity index (χ0v) is 14.3. The molecule has 0 aliphatic heterocycles. The second kappa shape index (κ2) is 7.22. The molecule has 1 aromatic carbocycles. The minimum absolute atomic E-state index is 0.00114. The van der Waals surface area contributed by atoms with Crippen molar-refractivity contribution in [3.63, 3.8) is 0 Å². The van der Waals surface area contributed by atoms with Crippen LogP contribution in [0.4, 0.5) is 5.69 Å². The first kappa shape index (κ1) is 17.2. The summed E-state index contributed by atoms with van der Waals surface area (Å²) >= 11 is 0. The lowest BCUT2D eigenvalue weighted by molar-refractivity contribution is 0.0155. The molecule has 0 aliphatic carbocycles. The summed E-state index contributed by atoms with van der Waals surface area (Å²) in [4.78, 5) is 0. The Balaban J connectivity index is 3.30. The lowest BCUT2D eigenvalue weighted by Gasteiger charge is -2.35. The lowest BCUT2D eigenvalue weighted by atomic mass is 10.3. The Hall–Kier alpha value is -0.883. The van der Waals surface area contributed by atoms with Crippen molar-refractivity contribution in [2.24, 2.45) is 0 Å². The molecule has 0 amide bonds. The lowest BCUT2D eigenvalue weighted by Crippen LogP contribution is -2.60. The Kier molecular flexibility index (Phi) is 6.20. The van der Waals surface area contributed by atoms with Crippen LogP contribution in [-0.4, -0.2) is 27.1 Å². The van der Waals surface area contributed by atoms with Crippen molar-refractivity contribution in [3.8, 4) is 0 Å². The average Bonchev–Trinajstić information content (AvgIpc) is 2.26. The Morgan fingerprint density at radius 3 is 1.55 bits per heavy atom. The highest BCUT2D eigenvalue weighted by Crippen LogP contribution is 2.20. The number of hydrogen-bond acceptors (Lipinski definition) is 4. The van der Waals surface area contributed by atoms with Crippen LogP contribution in [0.15, 0.2) is 24.3 Å². The van der Waals surface area contributed by atoms with E-state index in [0.29, 0.717) is 5.69 Å². The molecule has 20 heavy (non-hydrogen) atoms. The van der Waals surface area contributed by atoms with E-state index in [-0.39, 0.29) is 18.3 Å². The molecule has 2 N–H and O–H groups in total. The van der Waals surface area contributed by atoms with E-state index in [1.807, 2.05) is 65.8 Å². The first-order chi connectivity index (χ1) is 9.27. The van der Waals surface area contributed by atoms with E-state index in [2.05, 4.69) is 0 Å².